The third-order valence-electron chi connectivity index (χ3n) is 5.03. The van der Waals surface area contributed by atoms with Crippen LogP contribution < -0.4 is 5.73 Å². The summed E-state index contributed by atoms with van der Waals surface area (Å²) in [5.74, 6) is 0.396. The molecule has 3 rings (SSSR count). The maximum Gasteiger partial charge on any atom is 0.339 e. The molecule has 2 heterocycles. The minimum Gasteiger partial charge on any atom is -0.462 e. The van der Waals surface area contributed by atoms with E-state index in [-0.39, 0.29) is 24.4 Å². The van der Waals surface area contributed by atoms with Crippen molar-refractivity contribution >= 4 is 24.3 Å². The molecule has 132 valence electrons. The molecule has 2 aliphatic rings. The topological polar surface area (TPSA) is 85.5 Å². The van der Waals surface area contributed by atoms with E-state index in [1.54, 1.807) is 19.9 Å². The molecule has 3 unspecified atom stereocenters. The zero-order valence-electron chi connectivity index (χ0n) is 14.0. The average Bonchev–Trinajstić information content (AvgIpc) is 3.10. The maximum atomic E-state index is 12.8. The fourth-order valence-electron chi connectivity index (χ4n) is 3.72. The van der Waals surface area contributed by atoms with Crippen LogP contribution in [0.4, 0.5) is 0 Å². The molecule has 1 aliphatic carbocycles. The highest BCUT2D eigenvalue weighted by Crippen LogP contribution is 2.37. The second-order valence-corrected chi connectivity index (χ2v) is 6.45. The Kier molecular flexibility index (Phi) is 5.83. The highest BCUT2D eigenvalue weighted by atomic mass is 35.5. The molecule has 1 saturated carbocycles. The third-order valence-corrected chi connectivity index (χ3v) is 5.03. The van der Waals surface area contributed by atoms with Crippen molar-refractivity contribution in [2.45, 2.75) is 32.7 Å². The lowest BCUT2D eigenvalue weighted by molar-refractivity contribution is 0.0526. The molecule has 1 saturated heterocycles. The van der Waals surface area contributed by atoms with Crippen LogP contribution in [0, 0.1) is 18.8 Å². The Morgan fingerprint density at radius 2 is 2.12 bits per heavy atom. The summed E-state index contributed by atoms with van der Waals surface area (Å²) in [6.45, 7) is 5.28. The first-order valence-corrected chi connectivity index (χ1v) is 8.20. The monoisotopic (exact) mass is 353 g/mol. The van der Waals surface area contributed by atoms with Crippen molar-refractivity contribution < 1.29 is 14.3 Å². The van der Waals surface area contributed by atoms with E-state index in [0.29, 0.717) is 41.8 Å². The lowest BCUT2D eigenvalue weighted by Gasteiger charge is -2.19. The van der Waals surface area contributed by atoms with E-state index in [4.69, 9.17) is 10.5 Å². The van der Waals surface area contributed by atoms with E-state index in [0.717, 1.165) is 19.4 Å². The largest absolute Gasteiger partial charge is 0.462 e. The molecule has 0 radical (unpaired) electrons. The predicted octanol–water partition coefficient (Wildman–Crippen LogP) is 1.80. The molecule has 1 aromatic heterocycles. The number of ether oxygens (including phenoxy) is 1. The van der Waals surface area contributed by atoms with E-state index in [1.807, 2.05) is 4.90 Å². The number of fused-ring (bicyclic) bond motifs is 1. The number of hydrogen-bond donors (Lipinski definition) is 1. The zero-order chi connectivity index (χ0) is 16.6. The van der Waals surface area contributed by atoms with Crippen LogP contribution in [0.3, 0.4) is 0 Å². The van der Waals surface area contributed by atoms with Gasteiger partial charge in [0.15, 0.2) is 0 Å². The molecule has 1 aromatic rings. The second kappa shape index (κ2) is 7.49. The van der Waals surface area contributed by atoms with Crippen LogP contribution in [-0.4, -0.2) is 47.5 Å². The summed E-state index contributed by atoms with van der Waals surface area (Å²) < 4.78 is 4.98. The molecule has 1 aliphatic heterocycles. The van der Waals surface area contributed by atoms with Crippen LogP contribution in [0.1, 0.15) is 46.2 Å². The maximum absolute atomic E-state index is 12.8. The summed E-state index contributed by atoms with van der Waals surface area (Å²) >= 11 is 0. The molecular formula is C17H24ClN3O3. The molecule has 1 amide bonds. The fraction of sp³-hybridized carbons (Fsp3) is 0.588. The molecular weight excluding hydrogens is 330 g/mol. The summed E-state index contributed by atoms with van der Waals surface area (Å²) in [5, 5.41) is 0. The minimum absolute atomic E-state index is 0. The van der Waals surface area contributed by atoms with Gasteiger partial charge in [-0.15, -0.1) is 12.4 Å². The lowest BCUT2D eigenvalue weighted by Crippen LogP contribution is -2.34. The molecule has 3 atom stereocenters. The van der Waals surface area contributed by atoms with Crippen LogP contribution in [-0.2, 0) is 4.74 Å². The zero-order valence-corrected chi connectivity index (χ0v) is 14.8. The summed E-state index contributed by atoms with van der Waals surface area (Å²) in [6, 6.07) is 1.79. The van der Waals surface area contributed by atoms with Crippen LogP contribution in [0.2, 0.25) is 0 Å². The van der Waals surface area contributed by atoms with E-state index in [9.17, 15) is 9.59 Å². The quantitative estimate of drug-likeness (QED) is 0.837. The lowest BCUT2D eigenvalue weighted by atomic mass is 9.98. The molecule has 6 nitrogen and oxygen atoms in total. The van der Waals surface area contributed by atoms with Crippen molar-refractivity contribution in [1.82, 2.24) is 9.88 Å². The van der Waals surface area contributed by atoms with Gasteiger partial charge < -0.3 is 15.4 Å². The molecule has 0 aromatic carbocycles. The number of nitrogens with zero attached hydrogens (tertiary/aromatic N) is 2. The Hall–Kier alpha value is -1.66. The number of likely N-dealkylation sites (tertiary alicyclic amines) is 1. The first-order valence-electron chi connectivity index (χ1n) is 8.20. The highest BCUT2D eigenvalue weighted by molar-refractivity contribution is 5.98. The summed E-state index contributed by atoms with van der Waals surface area (Å²) in [4.78, 5) is 30.7. The number of carbonyl (C=O) groups excluding carboxylic acids is 2. The van der Waals surface area contributed by atoms with Gasteiger partial charge >= 0.3 is 5.97 Å². The van der Waals surface area contributed by atoms with Crippen molar-refractivity contribution in [2.24, 2.45) is 17.6 Å². The number of hydrogen-bond acceptors (Lipinski definition) is 5. The van der Waals surface area contributed by atoms with Crippen LogP contribution in [0.5, 0.6) is 0 Å². The number of halogens is 1. The Bertz CT molecular complexity index is 638. The SMILES string of the molecule is CCOC(=O)c1cnc(C)c(C(=O)N2CC3CCC(N)C3C2)c1.Cl. The van der Waals surface area contributed by atoms with Gasteiger partial charge in [0.1, 0.15) is 0 Å². The van der Waals surface area contributed by atoms with Crippen molar-refractivity contribution in [3.63, 3.8) is 0 Å². The van der Waals surface area contributed by atoms with E-state index < -0.39 is 5.97 Å². The van der Waals surface area contributed by atoms with Gasteiger partial charge in [0.05, 0.1) is 23.4 Å². The van der Waals surface area contributed by atoms with Crippen LogP contribution >= 0.6 is 12.4 Å². The fourth-order valence-corrected chi connectivity index (χ4v) is 3.72. The van der Waals surface area contributed by atoms with E-state index in [2.05, 4.69) is 4.98 Å². The third kappa shape index (κ3) is 3.39. The normalized spacial score (nSPS) is 25.1. The van der Waals surface area contributed by atoms with Crippen LogP contribution in [0.25, 0.3) is 0 Å². The number of pyridine rings is 1. The first-order chi connectivity index (χ1) is 11.0. The Balaban J connectivity index is 0.00000208. The molecule has 2 N–H and O–H groups in total. The van der Waals surface area contributed by atoms with Gasteiger partial charge in [-0.05, 0) is 44.6 Å². The van der Waals surface area contributed by atoms with Crippen molar-refractivity contribution in [1.29, 1.82) is 0 Å². The number of esters is 1. The van der Waals surface area contributed by atoms with Gasteiger partial charge in [-0.2, -0.15) is 0 Å². The van der Waals surface area contributed by atoms with Crippen molar-refractivity contribution in [3.8, 4) is 0 Å². The van der Waals surface area contributed by atoms with E-state index >= 15 is 0 Å². The van der Waals surface area contributed by atoms with Gasteiger partial charge in [-0.1, -0.05) is 0 Å². The number of aryl methyl sites for hydroxylation is 1. The minimum atomic E-state index is -0.450. The first kappa shape index (κ1) is 18.7. The Labute approximate surface area is 148 Å². The molecule has 2 fully saturated rings. The number of nitrogens with two attached hydrogens (primary N) is 1. The average molecular weight is 354 g/mol. The molecule has 7 heteroatoms. The molecule has 0 bridgehead atoms. The number of aromatic nitrogens is 1. The molecule has 0 spiro atoms. The van der Waals surface area contributed by atoms with E-state index in [1.165, 1.54) is 6.20 Å². The van der Waals surface area contributed by atoms with Gasteiger partial charge in [0.25, 0.3) is 5.91 Å². The number of carbonyl (C=O) groups is 2. The molecule has 24 heavy (non-hydrogen) atoms. The number of amides is 1. The van der Waals surface area contributed by atoms with Gasteiger partial charge in [0, 0.05) is 25.3 Å². The van der Waals surface area contributed by atoms with Gasteiger partial charge in [-0.3, -0.25) is 9.78 Å². The standard InChI is InChI=1S/C17H23N3O3.ClH/c1-3-23-17(22)12-6-13(10(2)19-7-12)16(21)20-8-11-4-5-15(18)14(11)9-20;/h6-7,11,14-15H,3-5,8-9,18H2,1-2H3;1H. The van der Waals surface area contributed by atoms with Crippen molar-refractivity contribution in [2.75, 3.05) is 19.7 Å². The van der Waals surface area contributed by atoms with Crippen LogP contribution in [0.15, 0.2) is 12.3 Å². The highest BCUT2D eigenvalue weighted by Gasteiger charge is 2.42. The summed E-state index contributed by atoms with van der Waals surface area (Å²) in [7, 11) is 0. The summed E-state index contributed by atoms with van der Waals surface area (Å²) in [6.07, 6.45) is 3.60. The Morgan fingerprint density at radius 3 is 2.79 bits per heavy atom. The smallest absolute Gasteiger partial charge is 0.339 e. The van der Waals surface area contributed by atoms with Gasteiger partial charge in [0.2, 0.25) is 0 Å². The predicted molar refractivity (Wildman–Crippen MR) is 92.3 cm³/mol. The second-order valence-electron chi connectivity index (χ2n) is 6.45. The van der Waals surface area contributed by atoms with Crippen molar-refractivity contribution in [3.05, 3.63) is 29.1 Å². The Morgan fingerprint density at radius 1 is 1.38 bits per heavy atom. The summed E-state index contributed by atoms with van der Waals surface area (Å²) in [5.41, 5.74) is 7.56. The number of rotatable bonds is 3. The van der Waals surface area contributed by atoms with Gasteiger partial charge in [-0.25, -0.2) is 4.79 Å².